The zero-order valence-electron chi connectivity index (χ0n) is 13.3. The van der Waals surface area contributed by atoms with Crippen molar-refractivity contribution in [3.8, 4) is 0 Å². The minimum Gasteiger partial charge on any atom is -0.477 e. The van der Waals surface area contributed by atoms with Crippen molar-refractivity contribution in [2.75, 3.05) is 18.9 Å². The van der Waals surface area contributed by atoms with Crippen molar-refractivity contribution in [1.82, 2.24) is 20.0 Å². The van der Waals surface area contributed by atoms with Crippen LogP contribution in [0, 0.1) is 6.92 Å². The topological polar surface area (TPSA) is 121 Å². The van der Waals surface area contributed by atoms with E-state index in [1.54, 1.807) is 18.9 Å². The SMILES string of the molecule is Cc1nc(NC(=O)CN(C)Cc2nc(C3CC3)no2)sc1C(=O)O. The molecule has 0 unspecified atom stereocenters. The number of carboxylic acid groups (broad SMARTS) is 1. The van der Waals surface area contributed by atoms with Crippen molar-refractivity contribution < 1.29 is 19.2 Å². The van der Waals surface area contributed by atoms with Crippen LogP contribution in [0.2, 0.25) is 0 Å². The number of nitrogens with one attached hydrogen (secondary N) is 1. The lowest BCUT2D eigenvalue weighted by atomic mass is 10.4. The summed E-state index contributed by atoms with van der Waals surface area (Å²) in [5.41, 5.74) is 0.384. The van der Waals surface area contributed by atoms with Gasteiger partial charge in [0.25, 0.3) is 0 Å². The number of rotatable bonds is 7. The zero-order valence-corrected chi connectivity index (χ0v) is 14.1. The van der Waals surface area contributed by atoms with Crippen LogP contribution in [-0.4, -0.2) is 50.6 Å². The quantitative estimate of drug-likeness (QED) is 0.769. The molecule has 0 spiro atoms. The molecule has 0 saturated heterocycles. The second kappa shape index (κ2) is 6.65. The molecule has 0 radical (unpaired) electrons. The van der Waals surface area contributed by atoms with Gasteiger partial charge in [0.2, 0.25) is 11.8 Å². The molecule has 2 heterocycles. The molecular formula is C14H17N5O4S. The minimum atomic E-state index is -1.05. The second-order valence-corrected chi connectivity index (χ2v) is 6.78. The van der Waals surface area contributed by atoms with Crippen LogP contribution in [0.4, 0.5) is 5.13 Å². The third-order valence-electron chi connectivity index (χ3n) is 3.48. The van der Waals surface area contributed by atoms with Gasteiger partial charge >= 0.3 is 5.97 Å². The van der Waals surface area contributed by atoms with Gasteiger partial charge < -0.3 is 14.9 Å². The summed E-state index contributed by atoms with van der Waals surface area (Å²) in [7, 11) is 1.76. The van der Waals surface area contributed by atoms with Crippen molar-refractivity contribution in [3.63, 3.8) is 0 Å². The summed E-state index contributed by atoms with van der Waals surface area (Å²) in [6.07, 6.45) is 2.20. The molecule has 1 saturated carbocycles. The van der Waals surface area contributed by atoms with Gasteiger partial charge in [-0.1, -0.05) is 16.5 Å². The van der Waals surface area contributed by atoms with Crippen LogP contribution in [0.1, 0.15) is 45.8 Å². The van der Waals surface area contributed by atoms with Crippen molar-refractivity contribution in [2.45, 2.75) is 32.2 Å². The molecule has 1 fully saturated rings. The monoisotopic (exact) mass is 351 g/mol. The molecular weight excluding hydrogens is 334 g/mol. The molecule has 9 nitrogen and oxygen atoms in total. The summed E-state index contributed by atoms with van der Waals surface area (Å²) >= 11 is 0.938. The summed E-state index contributed by atoms with van der Waals surface area (Å²) < 4.78 is 5.17. The Morgan fingerprint density at radius 1 is 1.42 bits per heavy atom. The molecule has 1 aliphatic carbocycles. The van der Waals surface area contributed by atoms with Crippen LogP contribution in [-0.2, 0) is 11.3 Å². The van der Waals surface area contributed by atoms with Gasteiger partial charge in [-0.25, -0.2) is 9.78 Å². The van der Waals surface area contributed by atoms with Crippen LogP contribution in [0.15, 0.2) is 4.52 Å². The van der Waals surface area contributed by atoms with Crippen LogP contribution in [0.25, 0.3) is 0 Å². The Labute approximate surface area is 141 Å². The summed E-state index contributed by atoms with van der Waals surface area (Å²) in [6, 6.07) is 0. The molecule has 128 valence electrons. The van der Waals surface area contributed by atoms with Crippen LogP contribution < -0.4 is 5.32 Å². The number of aromatic nitrogens is 3. The number of likely N-dealkylation sites (N-methyl/N-ethyl adjacent to an activating group) is 1. The first-order chi connectivity index (χ1) is 11.4. The van der Waals surface area contributed by atoms with E-state index < -0.39 is 5.97 Å². The predicted molar refractivity (Wildman–Crippen MR) is 85.0 cm³/mol. The predicted octanol–water partition coefficient (Wildman–Crippen LogP) is 1.48. The maximum atomic E-state index is 12.0. The number of anilines is 1. The van der Waals surface area contributed by atoms with Crippen molar-refractivity contribution in [2.24, 2.45) is 0 Å². The maximum absolute atomic E-state index is 12.0. The van der Waals surface area contributed by atoms with E-state index in [-0.39, 0.29) is 22.5 Å². The number of thiazole rings is 1. The number of hydrogen-bond acceptors (Lipinski definition) is 8. The first kappa shape index (κ1) is 16.5. The van der Waals surface area contributed by atoms with Gasteiger partial charge in [0.15, 0.2) is 11.0 Å². The van der Waals surface area contributed by atoms with Gasteiger partial charge in [-0.15, -0.1) is 0 Å². The summed E-state index contributed by atoms with van der Waals surface area (Å²) in [6.45, 7) is 2.06. The van der Waals surface area contributed by atoms with Crippen LogP contribution in [0.5, 0.6) is 0 Å². The highest BCUT2D eigenvalue weighted by Gasteiger charge is 2.29. The Bertz CT molecular complexity index is 767. The fourth-order valence-electron chi connectivity index (χ4n) is 2.18. The number of carboxylic acids is 1. The van der Waals surface area contributed by atoms with Crippen molar-refractivity contribution >= 4 is 28.3 Å². The van der Waals surface area contributed by atoms with E-state index in [2.05, 4.69) is 20.4 Å². The Balaban J connectivity index is 1.51. The average molecular weight is 351 g/mol. The highest BCUT2D eigenvalue weighted by Crippen LogP contribution is 2.38. The molecule has 2 N–H and O–H groups in total. The first-order valence-electron chi connectivity index (χ1n) is 7.44. The third kappa shape index (κ3) is 3.95. The van der Waals surface area contributed by atoms with E-state index in [9.17, 15) is 9.59 Å². The molecule has 0 atom stereocenters. The molecule has 10 heteroatoms. The van der Waals surface area contributed by atoms with E-state index in [1.807, 2.05) is 0 Å². The van der Waals surface area contributed by atoms with E-state index in [0.29, 0.717) is 24.0 Å². The molecule has 3 rings (SSSR count). The molecule has 1 amide bonds. The second-order valence-electron chi connectivity index (χ2n) is 5.78. The normalized spacial score (nSPS) is 14.1. The van der Waals surface area contributed by atoms with Gasteiger partial charge in [-0.05, 0) is 26.8 Å². The lowest BCUT2D eigenvalue weighted by molar-refractivity contribution is -0.117. The van der Waals surface area contributed by atoms with Gasteiger partial charge in [0.05, 0.1) is 18.8 Å². The number of aromatic carboxylic acids is 1. The Morgan fingerprint density at radius 2 is 2.17 bits per heavy atom. The molecule has 1 aliphatic rings. The van der Waals surface area contributed by atoms with Gasteiger partial charge in [-0.2, -0.15) is 4.98 Å². The van der Waals surface area contributed by atoms with E-state index in [4.69, 9.17) is 9.63 Å². The fraction of sp³-hybridized carbons (Fsp3) is 0.500. The van der Waals surface area contributed by atoms with Gasteiger partial charge in [-0.3, -0.25) is 9.69 Å². The average Bonchev–Trinajstić information content (AvgIpc) is 3.13. The van der Waals surface area contributed by atoms with Crippen molar-refractivity contribution in [1.29, 1.82) is 0 Å². The van der Waals surface area contributed by atoms with Gasteiger partial charge in [0.1, 0.15) is 4.88 Å². The molecule has 2 aromatic heterocycles. The van der Waals surface area contributed by atoms with Crippen LogP contribution in [0.3, 0.4) is 0 Å². The van der Waals surface area contributed by atoms with Gasteiger partial charge in [0, 0.05) is 5.92 Å². The lowest BCUT2D eigenvalue weighted by Gasteiger charge is -2.12. The first-order valence-corrected chi connectivity index (χ1v) is 8.25. The molecule has 0 aromatic carbocycles. The minimum absolute atomic E-state index is 0.0994. The summed E-state index contributed by atoms with van der Waals surface area (Å²) in [5, 5.41) is 15.8. The standard InChI is InChI=1S/C14H17N5O4S/c1-7-11(13(21)22)24-14(15-7)16-9(20)5-19(2)6-10-17-12(18-23-10)8-3-4-8/h8H,3-6H2,1-2H3,(H,21,22)(H,15,16,20). The maximum Gasteiger partial charge on any atom is 0.347 e. The van der Waals surface area contributed by atoms with Crippen LogP contribution >= 0.6 is 11.3 Å². The zero-order chi connectivity index (χ0) is 17.3. The number of carbonyl (C=O) groups is 2. The fourth-order valence-corrected chi connectivity index (χ4v) is 3.00. The molecule has 0 aliphatic heterocycles. The smallest absolute Gasteiger partial charge is 0.347 e. The summed E-state index contributed by atoms with van der Waals surface area (Å²) in [4.78, 5) is 33.2. The highest BCUT2D eigenvalue weighted by molar-refractivity contribution is 7.17. The van der Waals surface area contributed by atoms with E-state index >= 15 is 0 Å². The number of hydrogen-bond donors (Lipinski definition) is 2. The molecule has 0 bridgehead atoms. The van der Waals surface area contributed by atoms with Crippen molar-refractivity contribution in [3.05, 3.63) is 22.3 Å². The number of amides is 1. The number of aryl methyl sites for hydroxylation is 1. The molecule has 2 aromatic rings. The Kier molecular flexibility index (Phi) is 4.58. The molecule has 24 heavy (non-hydrogen) atoms. The lowest BCUT2D eigenvalue weighted by Crippen LogP contribution is -2.29. The largest absolute Gasteiger partial charge is 0.477 e. The third-order valence-corrected chi connectivity index (χ3v) is 4.54. The summed E-state index contributed by atoms with van der Waals surface area (Å²) in [5.74, 6) is 0.302. The Hall–Kier alpha value is -2.33. The van der Waals surface area contributed by atoms with E-state index in [0.717, 1.165) is 30.0 Å². The highest BCUT2D eigenvalue weighted by atomic mass is 32.1. The Morgan fingerprint density at radius 3 is 2.79 bits per heavy atom. The van der Waals surface area contributed by atoms with E-state index in [1.165, 1.54) is 0 Å². The number of carbonyl (C=O) groups excluding carboxylic acids is 1. The number of nitrogens with zero attached hydrogens (tertiary/aromatic N) is 4.